The molecular weight excluding hydrogens is 264 g/mol. The van der Waals surface area contributed by atoms with Crippen LogP contribution in [0.1, 0.15) is 0 Å². The minimum atomic E-state index is 0.715. The van der Waals surface area contributed by atoms with Gasteiger partial charge in [0.15, 0.2) is 5.82 Å². The van der Waals surface area contributed by atoms with Crippen LogP contribution in [-0.2, 0) is 4.74 Å². The van der Waals surface area contributed by atoms with Crippen LogP contribution in [0.5, 0.6) is 0 Å². The summed E-state index contributed by atoms with van der Waals surface area (Å²) in [5, 5.41) is 12.2. The van der Waals surface area contributed by atoms with Crippen LogP contribution >= 0.6 is 11.3 Å². The molecule has 1 fully saturated rings. The maximum Gasteiger partial charge on any atom is 0.173 e. The average molecular weight is 274 g/mol. The van der Waals surface area contributed by atoms with Crippen LogP contribution in [0.3, 0.4) is 0 Å². The lowest BCUT2D eigenvalue weighted by atomic mass is 10.3. The first kappa shape index (κ1) is 10.9. The highest BCUT2D eigenvalue weighted by molar-refractivity contribution is 7.25. The number of aromatic nitrogens is 5. The van der Waals surface area contributed by atoms with Gasteiger partial charge >= 0.3 is 0 Å². The van der Waals surface area contributed by atoms with Crippen molar-refractivity contribution >= 4 is 37.7 Å². The van der Waals surface area contributed by atoms with Gasteiger partial charge in [-0.05, 0) is 5.21 Å². The maximum atomic E-state index is 5.37. The molecule has 0 amide bonds. The number of thiophene rings is 1. The molecule has 4 rings (SSSR count). The first-order valence-corrected chi connectivity index (χ1v) is 6.80. The molecule has 0 saturated carbocycles. The molecule has 8 heteroatoms. The molecule has 3 aromatic heterocycles. The van der Waals surface area contributed by atoms with Crippen LogP contribution < -0.4 is 4.90 Å². The van der Waals surface area contributed by atoms with Gasteiger partial charge in [0, 0.05) is 25.5 Å². The molecule has 0 spiro atoms. The molecule has 4 heterocycles. The quantitative estimate of drug-likeness (QED) is 0.651. The van der Waals surface area contributed by atoms with E-state index in [0.29, 0.717) is 13.2 Å². The highest BCUT2D eigenvalue weighted by atomic mass is 32.1. The summed E-state index contributed by atoms with van der Waals surface area (Å²) in [6.07, 6.45) is 3.36. The smallest absolute Gasteiger partial charge is 0.173 e. The van der Waals surface area contributed by atoms with E-state index in [0.717, 1.165) is 39.5 Å². The first-order valence-electron chi connectivity index (χ1n) is 5.99. The van der Waals surface area contributed by atoms with Gasteiger partial charge in [-0.1, -0.05) is 0 Å². The van der Waals surface area contributed by atoms with E-state index in [4.69, 9.17) is 4.74 Å². The Kier molecular flexibility index (Phi) is 2.49. The van der Waals surface area contributed by atoms with E-state index < -0.39 is 0 Å². The van der Waals surface area contributed by atoms with Crippen molar-refractivity contribution in [1.82, 2.24) is 25.4 Å². The van der Waals surface area contributed by atoms with Gasteiger partial charge < -0.3 is 9.64 Å². The van der Waals surface area contributed by atoms with Crippen LogP contribution in [-0.4, -0.2) is 51.7 Å². The summed E-state index contributed by atoms with van der Waals surface area (Å²) < 4.78 is 6.36. The molecule has 3 aromatic rings. The Morgan fingerprint density at radius 2 is 1.89 bits per heavy atom. The number of hydrogen-bond acceptors (Lipinski definition) is 8. The lowest BCUT2D eigenvalue weighted by molar-refractivity contribution is 0.122. The van der Waals surface area contributed by atoms with Gasteiger partial charge in [0.2, 0.25) is 0 Å². The summed E-state index contributed by atoms with van der Waals surface area (Å²) in [6, 6.07) is 0. The third-order valence-electron chi connectivity index (χ3n) is 3.10. The normalized spacial score (nSPS) is 16.3. The lowest BCUT2D eigenvalue weighted by Crippen LogP contribution is -2.37. The molecule has 19 heavy (non-hydrogen) atoms. The fraction of sp³-hybridized carbons (Fsp3) is 0.364. The summed E-state index contributed by atoms with van der Waals surface area (Å²) in [6.45, 7) is 3.07. The Morgan fingerprint density at radius 3 is 2.79 bits per heavy atom. The number of rotatable bonds is 1. The molecule has 1 aliphatic rings. The number of morpholine rings is 1. The van der Waals surface area contributed by atoms with Crippen molar-refractivity contribution in [3.05, 3.63) is 12.4 Å². The predicted octanol–water partition coefficient (Wildman–Crippen LogP) is 0.866. The number of hydrogen-bond donors (Lipinski definition) is 0. The highest BCUT2D eigenvalue weighted by Crippen LogP contribution is 2.34. The summed E-state index contributed by atoms with van der Waals surface area (Å²) in [5.74, 6) is 0.859. The van der Waals surface area contributed by atoms with E-state index >= 15 is 0 Å². The minimum Gasteiger partial charge on any atom is -0.378 e. The van der Waals surface area contributed by atoms with Crippen LogP contribution in [0.15, 0.2) is 12.4 Å². The number of anilines is 1. The third kappa shape index (κ3) is 1.71. The van der Waals surface area contributed by atoms with E-state index in [1.807, 2.05) is 0 Å². The average Bonchev–Trinajstić information content (AvgIpc) is 2.87. The van der Waals surface area contributed by atoms with Gasteiger partial charge in [0.05, 0.1) is 13.2 Å². The van der Waals surface area contributed by atoms with Crippen LogP contribution in [0.4, 0.5) is 5.82 Å². The zero-order chi connectivity index (χ0) is 12.7. The summed E-state index contributed by atoms with van der Waals surface area (Å²) in [7, 11) is 0. The fourth-order valence-corrected chi connectivity index (χ4v) is 3.24. The molecule has 0 radical (unpaired) electrons. The van der Waals surface area contributed by atoms with E-state index in [-0.39, 0.29) is 0 Å². The van der Waals surface area contributed by atoms with Gasteiger partial charge in [0.1, 0.15) is 20.6 Å². The monoisotopic (exact) mass is 274 g/mol. The number of nitrogens with zero attached hydrogens (tertiary/aromatic N) is 6. The van der Waals surface area contributed by atoms with Crippen molar-refractivity contribution in [3.63, 3.8) is 0 Å². The van der Waals surface area contributed by atoms with Crippen LogP contribution in [0.2, 0.25) is 0 Å². The molecule has 96 valence electrons. The summed E-state index contributed by atoms with van der Waals surface area (Å²) in [4.78, 5) is 11.7. The topological polar surface area (TPSA) is 76.9 Å². The zero-order valence-electron chi connectivity index (χ0n) is 9.98. The highest BCUT2D eigenvalue weighted by Gasteiger charge is 2.20. The Balaban J connectivity index is 1.95. The van der Waals surface area contributed by atoms with Gasteiger partial charge in [-0.2, -0.15) is 0 Å². The van der Waals surface area contributed by atoms with Crippen molar-refractivity contribution < 1.29 is 4.74 Å². The van der Waals surface area contributed by atoms with Gasteiger partial charge in [-0.25, -0.2) is 9.97 Å². The van der Waals surface area contributed by atoms with E-state index in [9.17, 15) is 0 Å². The molecule has 0 bridgehead atoms. The summed E-state index contributed by atoms with van der Waals surface area (Å²) >= 11 is 1.56. The summed E-state index contributed by atoms with van der Waals surface area (Å²) in [5.41, 5.74) is 1.58. The molecular formula is C11H10N6OS. The Morgan fingerprint density at radius 1 is 1.05 bits per heavy atom. The Hall–Kier alpha value is -1.93. The Bertz CT molecular complexity index is 738. The maximum absolute atomic E-state index is 5.37. The second-order valence-electron chi connectivity index (χ2n) is 4.20. The SMILES string of the molecule is c1cnc2c(n1)sc1c(N3CCOCC3)nnnc12. The van der Waals surface area contributed by atoms with Gasteiger partial charge in [-0.15, -0.1) is 21.5 Å². The Labute approximate surface area is 112 Å². The van der Waals surface area contributed by atoms with Crippen LogP contribution in [0.25, 0.3) is 20.6 Å². The first-order chi connectivity index (χ1) is 9.43. The van der Waals surface area contributed by atoms with Crippen LogP contribution in [0, 0.1) is 0 Å². The molecule has 7 nitrogen and oxygen atoms in total. The molecule has 0 atom stereocenters. The molecule has 0 unspecified atom stereocenters. The molecule has 0 N–H and O–H groups in total. The van der Waals surface area contributed by atoms with Gasteiger partial charge in [0.25, 0.3) is 0 Å². The van der Waals surface area contributed by atoms with E-state index in [1.165, 1.54) is 0 Å². The molecule has 1 saturated heterocycles. The second-order valence-corrected chi connectivity index (χ2v) is 5.20. The largest absolute Gasteiger partial charge is 0.378 e. The van der Waals surface area contributed by atoms with Crippen molar-refractivity contribution in [1.29, 1.82) is 0 Å². The lowest BCUT2D eigenvalue weighted by Gasteiger charge is -2.27. The zero-order valence-corrected chi connectivity index (χ0v) is 10.8. The third-order valence-corrected chi connectivity index (χ3v) is 4.17. The minimum absolute atomic E-state index is 0.715. The molecule has 0 aromatic carbocycles. The number of fused-ring (bicyclic) bond motifs is 3. The molecule has 1 aliphatic heterocycles. The fourth-order valence-electron chi connectivity index (χ4n) is 2.20. The standard InChI is InChI=1S/C11H10N6OS/c1-2-13-11-8(12-1)7-9(19-11)10(15-16-14-7)17-3-5-18-6-4-17/h1-2H,3-6H2. The van der Waals surface area contributed by atoms with E-state index in [1.54, 1.807) is 23.7 Å². The molecule has 0 aliphatic carbocycles. The van der Waals surface area contributed by atoms with E-state index in [2.05, 4.69) is 30.3 Å². The van der Waals surface area contributed by atoms with Crippen molar-refractivity contribution in [2.45, 2.75) is 0 Å². The van der Waals surface area contributed by atoms with Crippen molar-refractivity contribution in [2.75, 3.05) is 31.2 Å². The predicted molar refractivity (Wildman–Crippen MR) is 71.3 cm³/mol. The van der Waals surface area contributed by atoms with Gasteiger partial charge in [-0.3, -0.25) is 0 Å². The van der Waals surface area contributed by atoms with Crippen molar-refractivity contribution in [2.24, 2.45) is 0 Å². The number of ether oxygens (including phenoxy) is 1. The van der Waals surface area contributed by atoms with Crippen molar-refractivity contribution in [3.8, 4) is 0 Å². The second kappa shape index (κ2) is 4.32.